The van der Waals surface area contributed by atoms with Crippen LogP contribution in [-0.4, -0.2) is 34.9 Å². The molecule has 0 aliphatic carbocycles. The Hall–Kier alpha value is -2.38. The Kier molecular flexibility index (Phi) is 6.05. The lowest BCUT2D eigenvalue weighted by Gasteiger charge is -2.31. The molecule has 0 unspecified atom stereocenters. The van der Waals surface area contributed by atoms with Gasteiger partial charge in [-0.15, -0.1) is 0 Å². The molecular weight excluding hydrogens is 413 g/mol. The second-order valence-electron chi connectivity index (χ2n) is 6.47. The maximum Gasteiger partial charge on any atom is 0.256 e. The summed E-state index contributed by atoms with van der Waals surface area (Å²) in [5.74, 6) is -3.08. The Morgan fingerprint density at radius 1 is 1.07 bits per heavy atom. The quantitative estimate of drug-likeness (QED) is 0.708. The maximum atomic E-state index is 13.8. The van der Waals surface area contributed by atoms with Crippen LogP contribution in [0.5, 0.6) is 5.75 Å². The summed E-state index contributed by atoms with van der Waals surface area (Å²) in [6.45, 7) is 0.537. The number of rotatable bonds is 3. The number of amides is 2. The van der Waals surface area contributed by atoms with Gasteiger partial charge in [-0.1, -0.05) is 23.2 Å². The summed E-state index contributed by atoms with van der Waals surface area (Å²) in [7, 11) is 0. The largest absolute Gasteiger partial charge is 0.505 e. The monoisotopic (exact) mass is 428 g/mol. The number of nitrogens with zero attached hydrogens (tertiary/aromatic N) is 1. The first-order valence-electron chi connectivity index (χ1n) is 8.49. The van der Waals surface area contributed by atoms with Gasteiger partial charge in [-0.25, -0.2) is 8.78 Å². The van der Waals surface area contributed by atoms with E-state index in [-0.39, 0.29) is 46.3 Å². The number of aromatic hydroxyl groups is 1. The minimum Gasteiger partial charge on any atom is -0.505 e. The van der Waals surface area contributed by atoms with E-state index in [0.717, 1.165) is 12.1 Å². The average Bonchev–Trinajstić information content (AvgIpc) is 2.65. The molecule has 28 heavy (non-hydrogen) atoms. The summed E-state index contributed by atoms with van der Waals surface area (Å²) >= 11 is 11.7. The number of piperidine rings is 1. The highest BCUT2D eigenvalue weighted by Crippen LogP contribution is 2.35. The Morgan fingerprint density at radius 3 is 2.25 bits per heavy atom. The molecule has 1 fully saturated rings. The summed E-state index contributed by atoms with van der Waals surface area (Å²) in [5, 5.41) is 12.3. The number of nitrogens with one attached hydrogen (secondary N) is 1. The minimum absolute atomic E-state index is 0.0181. The molecule has 2 aromatic rings. The van der Waals surface area contributed by atoms with Gasteiger partial charge in [-0.2, -0.15) is 0 Å². The lowest BCUT2D eigenvalue weighted by atomic mass is 9.95. The topological polar surface area (TPSA) is 69.6 Å². The SMILES string of the molecule is O=C(Nc1cc(Cl)c(O)c(Cl)c1)C1CCN(C(=O)c2ccc(F)cc2F)CC1. The summed E-state index contributed by atoms with van der Waals surface area (Å²) < 4.78 is 26.8. The van der Waals surface area contributed by atoms with Crippen molar-refractivity contribution in [1.29, 1.82) is 0 Å². The predicted octanol–water partition coefficient (Wildman–Crippen LogP) is 4.47. The third-order valence-electron chi connectivity index (χ3n) is 4.60. The molecule has 0 spiro atoms. The zero-order chi connectivity index (χ0) is 20.4. The maximum absolute atomic E-state index is 13.8. The molecule has 0 atom stereocenters. The van der Waals surface area contributed by atoms with E-state index < -0.39 is 17.5 Å². The fourth-order valence-corrected chi connectivity index (χ4v) is 3.55. The third kappa shape index (κ3) is 4.36. The Bertz CT molecular complexity index is 908. The van der Waals surface area contributed by atoms with E-state index in [4.69, 9.17) is 23.2 Å². The Labute approximate surface area is 169 Å². The van der Waals surface area contributed by atoms with Crippen LogP contribution >= 0.6 is 23.2 Å². The average molecular weight is 429 g/mol. The van der Waals surface area contributed by atoms with Crippen LogP contribution in [0, 0.1) is 17.6 Å². The molecular formula is C19H16Cl2F2N2O3. The molecule has 148 valence electrons. The molecule has 1 aliphatic rings. The molecule has 5 nitrogen and oxygen atoms in total. The zero-order valence-corrected chi connectivity index (χ0v) is 16.0. The number of halogens is 4. The van der Waals surface area contributed by atoms with E-state index in [9.17, 15) is 23.5 Å². The van der Waals surface area contributed by atoms with Crippen LogP contribution in [0.1, 0.15) is 23.2 Å². The van der Waals surface area contributed by atoms with E-state index in [0.29, 0.717) is 24.6 Å². The molecule has 0 aromatic heterocycles. The number of phenolic OH excluding ortho intramolecular Hbond substituents is 1. The fraction of sp³-hybridized carbons (Fsp3) is 0.263. The number of hydrogen-bond donors (Lipinski definition) is 2. The third-order valence-corrected chi connectivity index (χ3v) is 5.18. The van der Waals surface area contributed by atoms with Crippen molar-refractivity contribution in [1.82, 2.24) is 4.90 Å². The first-order valence-corrected chi connectivity index (χ1v) is 9.25. The van der Waals surface area contributed by atoms with Gasteiger partial charge in [0.25, 0.3) is 5.91 Å². The van der Waals surface area contributed by atoms with Crippen molar-refractivity contribution in [2.45, 2.75) is 12.8 Å². The zero-order valence-electron chi connectivity index (χ0n) is 14.5. The second kappa shape index (κ2) is 8.32. The van der Waals surface area contributed by atoms with Crippen LogP contribution in [-0.2, 0) is 4.79 Å². The van der Waals surface area contributed by atoms with Crippen LogP contribution in [0.4, 0.5) is 14.5 Å². The van der Waals surface area contributed by atoms with Crippen LogP contribution in [0.3, 0.4) is 0 Å². The van der Waals surface area contributed by atoms with Crippen LogP contribution in [0.15, 0.2) is 30.3 Å². The van der Waals surface area contributed by atoms with Crippen LogP contribution in [0.25, 0.3) is 0 Å². The van der Waals surface area contributed by atoms with Crippen molar-refractivity contribution >= 4 is 40.7 Å². The predicted molar refractivity (Wildman–Crippen MR) is 102 cm³/mol. The van der Waals surface area contributed by atoms with Gasteiger partial charge in [-0.05, 0) is 37.1 Å². The molecule has 0 bridgehead atoms. The van der Waals surface area contributed by atoms with E-state index in [1.165, 1.54) is 17.0 Å². The molecule has 9 heteroatoms. The molecule has 0 saturated carbocycles. The van der Waals surface area contributed by atoms with E-state index in [1.807, 2.05) is 0 Å². The van der Waals surface area contributed by atoms with Crippen molar-refractivity contribution in [2.24, 2.45) is 5.92 Å². The molecule has 1 saturated heterocycles. The Balaban J connectivity index is 1.60. The number of hydrogen-bond acceptors (Lipinski definition) is 3. The lowest BCUT2D eigenvalue weighted by Crippen LogP contribution is -2.41. The molecule has 2 amide bonds. The molecule has 2 aromatic carbocycles. The highest BCUT2D eigenvalue weighted by atomic mass is 35.5. The first-order chi connectivity index (χ1) is 13.3. The summed E-state index contributed by atoms with van der Waals surface area (Å²) in [6.07, 6.45) is 0.778. The molecule has 3 rings (SSSR count). The summed E-state index contributed by atoms with van der Waals surface area (Å²) in [6, 6.07) is 5.59. The van der Waals surface area contributed by atoms with Gasteiger partial charge >= 0.3 is 0 Å². The van der Waals surface area contributed by atoms with Gasteiger partial charge in [0.1, 0.15) is 11.6 Å². The Morgan fingerprint density at radius 2 is 1.68 bits per heavy atom. The lowest BCUT2D eigenvalue weighted by molar-refractivity contribution is -0.121. The van der Waals surface area contributed by atoms with Gasteiger partial charge in [0.2, 0.25) is 5.91 Å². The highest BCUT2D eigenvalue weighted by molar-refractivity contribution is 6.37. The van der Waals surface area contributed by atoms with Crippen LogP contribution < -0.4 is 5.32 Å². The van der Waals surface area contributed by atoms with Crippen molar-refractivity contribution in [3.8, 4) is 5.75 Å². The van der Waals surface area contributed by atoms with E-state index in [1.54, 1.807) is 0 Å². The molecule has 1 heterocycles. The van der Waals surface area contributed by atoms with Crippen molar-refractivity contribution < 1.29 is 23.5 Å². The van der Waals surface area contributed by atoms with Gasteiger partial charge in [-0.3, -0.25) is 9.59 Å². The van der Waals surface area contributed by atoms with Gasteiger partial charge < -0.3 is 15.3 Å². The van der Waals surface area contributed by atoms with Crippen molar-refractivity contribution in [3.05, 3.63) is 57.6 Å². The standard InChI is InChI=1S/C19H16Cl2F2N2O3/c20-14-8-12(9-15(21)17(14)26)24-18(27)10-3-5-25(6-4-10)19(28)13-2-1-11(22)7-16(13)23/h1-2,7-10,26H,3-6H2,(H,24,27). The molecule has 0 radical (unpaired) electrons. The number of carbonyl (C=O) groups is 2. The first kappa shape index (κ1) is 20.4. The van der Waals surface area contributed by atoms with Gasteiger partial charge in [0.15, 0.2) is 5.75 Å². The van der Waals surface area contributed by atoms with Gasteiger partial charge in [0.05, 0.1) is 15.6 Å². The number of phenols is 1. The minimum atomic E-state index is -0.911. The van der Waals surface area contributed by atoms with Gasteiger partial charge in [0, 0.05) is 30.8 Å². The van der Waals surface area contributed by atoms with Crippen LogP contribution in [0.2, 0.25) is 10.0 Å². The number of carbonyl (C=O) groups excluding carboxylic acids is 2. The number of anilines is 1. The fourth-order valence-electron chi connectivity index (χ4n) is 3.06. The molecule has 1 aliphatic heterocycles. The smallest absolute Gasteiger partial charge is 0.256 e. The highest BCUT2D eigenvalue weighted by Gasteiger charge is 2.29. The summed E-state index contributed by atoms with van der Waals surface area (Å²) in [5.41, 5.74) is 0.155. The van der Waals surface area contributed by atoms with Crippen molar-refractivity contribution in [2.75, 3.05) is 18.4 Å². The van der Waals surface area contributed by atoms with Crippen molar-refractivity contribution in [3.63, 3.8) is 0 Å². The van der Waals surface area contributed by atoms with E-state index in [2.05, 4.69) is 5.32 Å². The summed E-state index contributed by atoms with van der Waals surface area (Å²) in [4.78, 5) is 26.3. The number of benzene rings is 2. The number of likely N-dealkylation sites (tertiary alicyclic amines) is 1. The normalized spacial score (nSPS) is 14.8. The second-order valence-corrected chi connectivity index (χ2v) is 7.28. The molecule has 2 N–H and O–H groups in total. The van der Waals surface area contributed by atoms with E-state index >= 15 is 0 Å².